The molecule has 2 aromatic rings. The summed E-state index contributed by atoms with van der Waals surface area (Å²) >= 11 is 17.1. The van der Waals surface area contributed by atoms with E-state index in [-0.39, 0.29) is 21.4 Å². The van der Waals surface area contributed by atoms with E-state index < -0.39 is 5.82 Å². The van der Waals surface area contributed by atoms with Gasteiger partial charge in [0.1, 0.15) is 5.82 Å². The van der Waals surface area contributed by atoms with E-state index in [1.54, 1.807) is 0 Å². The molecule has 0 heterocycles. The van der Waals surface area contributed by atoms with E-state index in [1.807, 2.05) is 0 Å². The van der Waals surface area contributed by atoms with Crippen molar-refractivity contribution in [1.82, 2.24) is 0 Å². The van der Waals surface area contributed by atoms with Gasteiger partial charge < -0.3 is 0 Å². The summed E-state index contributed by atoms with van der Waals surface area (Å²) in [6.07, 6.45) is 0. The Balaban J connectivity index is 2.41. The SMILES string of the molecule is O=C(c1ccc(Cl)c(F)c1)c1ccc(Cl)c(Cl)c1. The first-order valence-corrected chi connectivity index (χ1v) is 6.07. The molecule has 0 atom stereocenters. The lowest BCUT2D eigenvalue weighted by atomic mass is 10.0. The minimum absolute atomic E-state index is 0.0271. The highest BCUT2D eigenvalue weighted by Gasteiger charge is 2.12. The number of hydrogen-bond donors (Lipinski definition) is 0. The first-order valence-electron chi connectivity index (χ1n) is 4.94. The Morgan fingerprint density at radius 1 is 0.833 bits per heavy atom. The Hall–Kier alpha value is -1.09. The summed E-state index contributed by atoms with van der Waals surface area (Å²) in [5.74, 6) is -0.980. The summed E-state index contributed by atoms with van der Waals surface area (Å²) < 4.78 is 13.3. The molecule has 1 nitrogen and oxygen atoms in total. The van der Waals surface area contributed by atoms with Crippen LogP contribution in [0, 0.1) is 5.82 Å². The zero-order valence-corrected chi connectivity index (χ0v) is 11.2. The predicted octanol–water partition coefficient (Wildman–Crippen LogP) is 5.02. The number of hydrogen-bond acceptors (Lipinski definition) is 1. The first kappa shape index (κ1) is 13.3. The molecule has 0 spiro atoms. The molecular formula is C13H6Cl3FO. The van der Waals surface area contributed by atoms with Gasteiger partial charge in [-0.3, -0.25) is 4.79 Å². The van der Waals surface area contributed by atoms with Gasteiger partial charge in [-0.05, 0) is 36.4 Å². The van der Waals surface area contributed by atoms with Crippen molar-refractivity contribution >= 4 is 40.6 Å². The van der Waals surface area contributed by atoms with Crippen LogP contribution in [0.5, 0.6) is 0 Å². The van der Waals surface area contributed by atoms with Crippen LogP contribution in [0.4, 0.5) is 4.39 Å². The van der Waals surface area contributed by atoms with Crippen LogP contribution in [0.15, 0.2) is 36.4 Å². The monoisotopic (exact) mass is 302 g/mol. The van der Waals surface area contributed by atoms with Crippen molar-refractivity contribution in [1.29, 1.82) is 0 Å². The molecule has 0 aliphatic rings. The summed E-state index contributed by atoms with van der Waals surface area (Å²) in [4.78, 5) is 12.1. The van der Waals surface area contributed by atoms with E-state index in [2.05, 4.69) is 0 Å². The van der Waals surface area contributed by atoms with Crippen molar-refractivity contribution in [3.63, 3.8) is 0 Å². The van der Waals surface area contributed by atoms with Gasteiger partial charge in [0.2, 0.25) is 0 Å². The summed E-state index contributed by atoms with van der Waals surface area (Å²) in [7, 11) is 0. The van der Waals surface area contributed by atoms with Crippen LogP contribution in [0.3, 0.4) is 0 Å². The second-order valence-electron chi connectivity index (χ2n) is 3.59. The molecule has 0 amide bonds. The minimum atomic E-state index is -0.637. The van der Waals surface area contributed by atoms with Crippen LogP contribution in [-0.4, -0.2) is 5.78 Å². The highest BCUT2D eigenvalue weighted by Crippen LogP contribution is 2.24. The molecule has 0 fully saturated rings. The molecule has 0 unspecified atom stereocenters. The fourth-order valence-corrected chi connectivity index (χ4v) is 1.86. The van der Waals surface area contributed by atoms with E-state index >= 15 is 0 Å². The second kappa shape index (κ2) is 5.27. The second-order valence-corrected chi connectivity index (χ2v) is 4.81. The normalized spacial score (nSPS) is 10.4. The van der Waals surface area contributed by atoms with Crippen molar-refractivity contribution in [2.24, 2.45) is 0 Å². The van der Waals surface area contributed by atoms with Crippen molar-refractivity contribution in [3.8, 4) is 0 Å². The molecule has 5 heteroatoms. The maximum Gasteiger partial charge on any atom is 0.193 e. The van der Waals surface area contributed by atoms with Crippen molar-refractivity contribution < 1.29 is 9.18 Å². The molecule has 0 aliphatic carbocycles. The van der Waals surface area contributed by atoms with E-state index in [0.29, 0.717) is 10.6 Å². The maximum absolute atomic E-state index is 13.3. The van der Waals surface area contributed by atoms with E-state index in [1.165, 1.54) is 30.3 Å². The average molecular weight is 304 g/mol. The smallest absolute Gasteiger partial charge is 0.193 e. The molecule has 92 valence electrons. The van der Waals surface area contributed by atoms with Crippen LogP contribution >= 0.6 is 34.8 Å². The Morgan fingerprint density at radius 3 is 1.94 bits per heavy atom. The zero-order valence-electron chi connectivity index (χ0n) is 8.88. The third-order valence-electron chi connectivity index (χ3n) is 2.36. The molecule has 0 aliphatic heterocycles. The van der Waals surface area contributed by atoms with Crippen molar-refractivity contribution in [2.45, 2.75) is 0 Å². The predicted molar refractivity (Wildman–Crippen MR) is 71.3 cm³/mol. The first-order chi connectivity index (χ1) is 8.49. The van der Waals surface area contributed by atoms with Crippen molar-refractivity contribution in [3.05, 3.63) is 68.4 Å². The minimum Gasteiger partial charge on any atom is -0.289 e. The van der Waals surface area contributed by atoms with Gasteiger partial charge in [-0.2, -0.15) is 0 Å². The van der Waals surface area contributed by atoms with E-state index in [0.717, 1.165) is 6.07 Å². The Bertz CT molecular complexity index is 572. The Labute approximate surface area is 118 Å². The summed E-state index contributed by atoms with van der Waals surface area (Å²) in [5, 5.41) is 0.605. The third kappa shape index (κ3) is 2.66. The average Bonchev–Trinajstić information content (AvgIpc) is 2.35. The highest BCUT2D eigenvalue weighted by molar-refractivity contribution is 6.42. The molecule has 18 heavy (non-hydrogen) atoms. The fourth-order valence-electron chi connectivity index (χ4n) is 1.44. The molecule has 0 bridgehead atoms. The molecule has 2 rings (SSSR count). The lowest BCUT2D eigenvalue weighted by Gasteiger charge is -2.04. The molecule has 0 aromatic heterocycles. The highest BCUT2D eigenvalue weighted by atomic mass is 35.5. The molecule has 0 saturated carbocycles. The van der Waals surface area contributed by atoms with Crippen LogP contribution in [0.2, 0.25) is 15.1 Å². The number of carbonyl (C=O) groups is 1. The van der Waals surface area contributed by atoms with Crippen LogP contribution < -0.4 is 0 Å². The summed E-state index contributed by atoms with van der Waals surface area (Å²) in [5.41, 5.74) is 0.543. The number of halogens is 4. The van der Waals surface area contributed by atoms with Crippen molar-refractivity contribution in [2.75, 3.05) is 0 Å². The molecular weight excluding hydrogens is 297 g/mol. The third-order valence-corrected chi connectivity index (χ3v) is 3.41. The molecule has 0 radical (unpaired) electrons. The summed E-state index contributed by atoms with van der Waals surface area (Å²) in [6, 6.07) is 8.37. The molecule has 2 aromatic carbocycles. The molecule has 0 N–H and O–H groups in total. The number of rotatable bonds is 2. The van der Waals surface area contributed by atoms with Gasteiger partial charge in [0, 0.05) is 11.1 Å². The standard InChI is InChI=1S/C13H6Cl3FO/c14-9-3-1-7(5-11(9)16)13(18)8-2-4-10(15)12(17)6-8/h1-6H. The van der Waals surface area contributed by atoms with Gasteiger partial charge in [0.05, 0.1) is 15.1 Å². The topological polar surface area (TPSA) is 17.1 Å². The molecule has 0 saturated heterocycles. The van der Waals surface area contributed by atoms with Gasteiger partial charge in [-0.25, -0.2) is 4.39 Å². The lowest BCUT2D eigenvalue weighted by Crippen LogP contribution is -2.01. The fraction of sp³-hybridized carbons (Fsp3) is 0. The van der Waals surface area contributed by atoms with Crippen LogP contribution in [-0.2, 0) is 0 Å². The van der Waals surface area contributed by atoms with E-state index in [9.17, 15) is 9.18 Å². The Kier molecular flexibility index (Phi) is 3.91. The van der Waals surface area contributed by atoms with Gasteiger partial charge in [0.15, 0.2) is 5.78 Å². The van der Waals surface area contributed by atoms with Gasteiger partial charge in [-0.1, -0.05) is 34.8 Å². The van der Waals surface area contributed by atoms with Gasteiger partial charge >= 0.3 is 0 Å². The maximum atomic E-state index is 13.3. The Morgan fingerprint density at radius 2 is 1.39 bits per heavy atom. The quantitative estimate of drug-likeness (QED) is 0.712. The van der Waals surface area contributed by atoms with Gasteiger partial charge in [-0.15, -0.1) is 0 Å². The van der Waals surface area contributed by atoms with Crippen LogP contribution in [0.25, 0.3) is 0 Å². The zero-order chi connectivity index (χ0) is 13.3. The van der Waals surface area contributed by atoms with Gasteiger partial charge in [0.25, 0.3) is 0 Å². The summed E-state index contributed by atoms with van der Waals surface area (Å²) in [6.45, 7) is 0. The number of ketones is 1. The van der Waals surface area contributed by atoms with E-state index in [4.69, 9.17) is 34.8 Å². The van der Waals surface area contributed by atoms with Crippen LogP contribution in [0.1, 0.15) is 15.9 Å². The number of benzene rings is 2. The number of carbonyl (C=O) groups excluding carboxylic acids is 1. The lowest BCUT2D eigenvalue weighted by molar-refractivity contribution is 0.103. The largest absolute Gasteiger partial charge is 0.289 e.